The molecule has 0 fully saturated rings. The molecular formula is C17H19NO4S2. The number of benzene rings is 2. The van der Waals surface area contributed by atoms with Gasteiger partial charge >= 0.3 is 5.97 Å². The Balaban J connectivity index is 2.02. The summed E-state index contributed by atoms with van der Waals surface area (Å²) in [5.41, 5.74) is 2.30. The van der Waals surface area contributed by atoms with Crippen molar-refractivity contribution in [2.45, 2.75) is 30.2 Å². The van der Waals surface area contributed by atoms with E-state index in [4.69, 9.17) is 0 Å². The van der Waals surface area contributed by atoms with Gasteiger partial charge in [0.25, 0.3) is 0 Å². The molecule has 24 heavy (non-hydrogen) atoms. The van der Waals surface area contributed by atoms with Crippen molar-refractivity contribution < 1.29 is 18.3 Å². The average molecular weight is 365 g/mol. The number of hydrogen-bond acceptors (Lipinski definition) is 4. The molecule has 2 aromatic rings. The minimum Gasteiger partial charge on any atom is -0.480 e. The van der Waals surface area contributed by atoms with Gasteiger partial charge in [0.2, 0.25) is 10.0 Å². The van der Waals surface area contributed by atoms with Crippen LogP contribution in [-0.2, 0) is 27.7 Å². The predicted octanol–water partition coefficient (Wildman–Crippen LogP) is 2.42. The van der Waals surface area contributed by atoms with Crippen LogP contribution in [0.15, 0.2) is 35.2 Å². The first-order chi connectivity index (χ1) is 11.4. The molecule has 0 aliphatic heterocycles. The zero-order valence-corrected chi connectivity index (χ0v) is 14.9. The van der Waals surface area contributed by atoms with Crippen molar-refractivity contribution in [2.75, 3.05) is 12.0 Å². The molecule has 128 valence electrons. The van der Waals surface area contributed by atoms with Gasteiger partial charge in [-0.25, -0.2) is 8.42 Å². The van der Waals surface area contributed by atoms with Crippen molar-refractivity contribution in [3.63, 3.8) is 0 Å². The van der Waals surface area contributed by atoms with Crippen LogP contribution in [0.4, 0.5) is 0 Å². The minimum atomic E-state index is -3.91. The molecule has 1 aliphatic rings. The van der Waals surface area contributed by atoms with Crippen LogP contribution in [0.5, 0.6) is 0 Å². The standard InChI is InChI=1S/C17H19NO4S2/c1-23-10-9-14(17(19)20)18-24(21,22)15-8-7-12-6-5-11-3-2-4-13(15)16(11)12/h2-4,7-8,14,18H,5-6,9-10H2,1H3,(H,19,20)/t14-/m1/s1. The highest BCUT2D eigenvalue weighted by atomic mass is 32.2. The van der Waals surface area contributed by atoms with E-state index >= 15 is 0 Å². The second-order valence-electron chi connectivity index (χ2n) is 5.86. The van der Waals surface area contributed by atoms with E-state index in [9.17, 15) is 18.3 Å². The lowest BCUT2D eigenvalue weighted by Gasteiger charge is -2.16. The Labute approximate surface area is 145 Å². The molecule has 0 radical (unpaired) electrons. The molecule has 0 saturated heterocycles. The summed E-state index contributed by atoms with van der Waals surface area (Å²) in [6.45, 7) is 0. The lowest BCUT2D eigenvalue weighted by Crippen LogP contribution is -2.41. The molecule has 0 aromatic heterocycles. The van der Waals surface area contributed by atoms with Gasteiger partial charge in [0.05, 0.1) is 4.90 Å². The second-order valence-corrected chi connectivity index (χ2v) is 8.52. The molecule has 2 aromatic carbocycles. The number of thioether (sulfide) groups is 1. The quantitative estimate of drug-likeness (QED) is 0.787. The van der Waals surface area contributed by atoms with Crippen molar-refractivity contribution in [2.24, 2.45) is 0 Å². The summed E-state index contributed by atoms with van der Waals surface area (Å²) >= 11 is 1.49. The maximum absolute atomic E-state index is 12.8. The van der Waals surface area contributed by atoms with E-state index < -0.39 is 22.0 Å². The number of nitrogens with one attached hydrogen (secondary N) is 1. The molecule has 0 saturated carbocycles. The summed E-state index contributed by atoms with van der Waals surface area (Å²) < 4.78 is 27.9. The largest absolute Gasteiger partial charge is 0.480 e. The summed E-state index contributed by atoms with van der Waals surface area (Å²) in [7, 11) is -3.91. The number of carboxylic acid groups (broad SMARTS) is 1. The molecule has 7 heteroatoms. The molecule has 2 N–H and O–H groups in total. The van der Waals surface area contributed by atoms with Crippen molar-refractivity contribution in [3.8, 4) is 0 Å². The summed E-state index contributed by atoms with van der Waals surface area (Å²) in [5.74, 6) is -0.581. The maximum Gasteiger partial charge on any atom is 0.321 e. The number of sulfonamides is 1. The second kappa shape index (κ2) is 6.74. The number of hydrogen-bond donors (Lipinski definition) is 2. The Hall–Kier alpha value is -1.57. The monoisotopic (exact) mass is 365 g/mol. The van der Waals surface area contributed by atoms with Crippen LogP contribution in [-0.4, -0.2) is 37.5 Å². The third kappa shape index (κ3) is 3.16. The fraction of sp³-hybridized carbons (Fsp3) is 0.353. The summed E-state index contributed by atoms with van der Waals surface area (Å²) in [6.07, 6.45) is 3.93. The Morgan fingerprint density at radius 1 is 1.25 bits per heavy atom. The molecule has 5 nitrogen and oxygen atoms in total. The van der Waals surface area contributed by atoms with Crippen LogP contribution in [0.3, 0.4) is 0 Å². The Kier molecular flexibility index (Phi) is 4.85. The summed E-state index contributed by atoms with van der Waals surface area (Å²) in [4.78, 5) is 11.5. The molecule has 0 unspecified atom stereocenters. The van der Waals surface area contributed by atoms with Gasteiger partial charge < -0.3 is 5.11 Å². The normalized spacial score (nSPS) is 14.9. The third-order valence-electron chi connectivity index (χ3n) is 4.33. The average Bonchev–Trinajstić information content (AvgIpc) is 2.96. The Morgan fingerprint density at radius 2 is 1.96 bits per heavy atom. The van der Waals surface area contributed by atoms with Gasteiger partial charge in [-0.05, 0) is 53.9 Å². The van der Waals surface area contributed by atoms with Crippen molar-refractivity contribution >= 4 is 38.5 Å². The first-order valence-electron chi connectivity index (χ1n) is 7.71. The van der Waals surface area contributed by atoms with Gasteiger partial charge in [-0.1, -0.05) is 24.3 Å². The van der Waals surface area contributed by atoms with Crippen LogP contribution in [0.1, 0.15) is 17.5 Å². The molecule has 3 rings (SSSR count). The van der Waals surface area contributed by atoms with Crippen LogP contribution in [0, 0.1) is 0 Å². The van der Waals surface area contributed by atoms with Crippen molar-refractivity contribution in [3.05, 3.63) is 41.5 Å². The van der Waals surface area contributed by atoms with Crippen molar-refractivity contribution in [1.29, 1.82) is 0 Å². The topological polar surface area (TPSA) is 83.5 Å². The van der Waals surface area contributed by atoms with Gasteiger partial charge in [-0.2, -0.15) is 16.5 Å². The fourth-order valence-corrected chi connectivity index (χ4v) is 5.07. The smallest absolute Gasteiger partial charge is 0.321 e. The number of aliphatic carboxylic acids is 1. The molecule has 0 heterocycles. The summed E-state index contributed by atoms with van der Waals surface area (Å²) in [5, 5.41) is 11.0. The van der Waals surface area contributed by atoms with Crippen LogP contribution in [0.2, 0.25) is 0 Å². The van der Waals surface area contributed by atoms with E-state index in [1.807, 2.05) is 24.5 Å². The number of aryl methyl sites for hydroxylation is 2. The van der Waals surface area contributed by atoms with Crippen molar-refractivity contribution in [1.82, 2.24) is 4.72 Å². The van der Waals surface area contributed by atoms with E-state index in [0.717, 1.165) is 29.4 Å². The number of carboxylic acids is 1. The molecule has 1 atom stereocenters. The highest BCUT2D eigenvalue weighted by Crippen LogP contribution is 2.34. The minimum absolute atomic E-state index is 0.153. The van der Waals surface area contributed by atoms with Gasteiger partial charge in [-0.3, -0.25) is 4.79 Å². The zero-order valence-electron chi connectivity index (χ0n) is 13.3. The van der Waals surface area contributed by atoms with Crippen LogP contribution >= 0.6 is 11.8 Å². The Bertz CT molecular complexity index is 883. The van der Waals surface area contributed by atoms with Crippen LogP contribution < -0.4 is 4.72 Å². The van der Waals surface area contributed by atoms with E-state index in [-0.39, 0.29) is 11.3 Å². The third-order valence-corrected chi connectivity index (χ3v) is 6.51. The Morgan fingerprint density at radius 3 is 2.62 bits per heavy atom. The highest BCUT2D eigenvalue weighted by Gasteiger charge is 2.27. The van der Waals surface area contributed by atoms with E-state index in [1.54, 1.807) is 12.1 Å². The van der Waals surface area contributed by atoms with Gasteiger partial charge in [0.1, 0.15) is 6.04 Å². The predicted molar refractivity (Wildman–Crippen MR) is 96.1 cm³/mol. The molecule has 0 amide bonds. The number of carbonyl (C=O) groups is 1. The summed E-state index contributed by atoms with van der Waals surface area (Å²) in [6, 6.07) is 7.97. The highest BCUT2D eigenvalue weighted by molar-refractivity contribution is 7.98. The fourth-order valence-electron chi connectivity index (χ4n) is 3.17. The van der Waals surface area contributed by atoms with Gasteiger partial charge in [0.15, 0.2) is 0 Å². The maximum atomic E-state index is 12.8. The first-order valence-corrected chi connectivity index (χ1v) is 10.6. The van der Waals surface area contributed by atoms with Gasteiger partial charge in [0, 0.05) is 5.39 Å². The lowest BCUT2D eigenvalue weighted by molar-refractivity contribution is -0.139. The number of rotatable bonds is 7. The van der Waals surface area contributed by atoms with E-state index in [0.29, 0.717) is 11.1 Å². The first kappa shape index (κ1) is 17.3. The molecule has 1 aliphatic carbocycles. The SMILES string of the molecule is CSCC[C@@H](NS(=O)(=O)c1ccc2c3c(cccc13)CC2)C(=O)O. The van der Waals surface area contributed by atoms with E-state index in [2.05, 4.69) is 4.72 Å². The lowest BCUT2D eigenvalue weighted by atomic mass is 10.1. The molecular weight excluding hydrogens is 346 g/mol. The zero-order chi connectivity index (χ0) is 17.3. The van der Waals surface area contributed by atoms with E-state index in [1.165, 1.54) is 11.8 Å². The molecule has 0 spiro atoms. The van der Waals surface area contributed by atoms with Crippen LogP contribution in [0.25, 0.3) is 10.8 Å². The molecule has 0 bridgehead atoms. The van der Waals surface area contributed by atoms with Gasteiger partial charge in [-0.15, -0.1) is 0 Å².